The van der Waals surface area contributed by atoms with Gasteiger partial charge in [-0.05, 0) is 74.4 Å². The number of ether oxygens (including phenoxy) is 1. The Morgan fingerprint density at radius 1 is 1.16 bits per heavy atom. The average Bonchev–Trinajstić information content (AvgIpc) is 3.15. The summed E-state index contributed by atoms with van der Waals surface area (Å²) < 4.78 is 7.27. The molecule has 0 aliphatic carbocycles. The molecule has 0 amide bonds. The Morgan fingerprint density at radius 3 is 2.58 bits per heavy atom. The van der Waals surface area contributed by atoms with Crippen molar-refractivity contribution in [2.75, 3.05) is 25.6 Å². The number of rotatable bonds is 7. The quantitative estimate of drug-likeness (QED) is 0.457. The third-order valence-corrected chi connectivity index (χ3v) is 5.37. The highest BCUT2D eigenvalue weighted by Gasteiger charge is 2.18. The molecule has 0 saturated carbocycles. The summed E-state index contributed by atoms with van der Waals surface area (Å²) in [6, 6.07) is 17.8. The lowest BCUT2D eigenvalue weighted by Gasteiger charge is -2.21. The molecule has 31 heavy (non-hydrogen) atoms. The number of carbonyl (C=O) groups is 1. The molecule has 160 valence electrons. The smallest absolute Gasteiger partial charge is 0.306 e. The molecule has 2 aromatic carbocycles. The second-order valence-corrected chi connectivity index (χ2v) is 7.96. The molecule has 3 rings (SSSR count). The molecule has 0 fully saturated rings. The molecule has 0 saturated heterocycles. The fourth-order valence-corrected chi connectivity index (χ4v) is 3.87. The summed E-state index contributed by atoms with van der Waals surface area (Å²) in [6.45, 7) is 4.17. The molecule has 1 heterocycles. The Labute approximate surface area is 188 Å². The normalized spacial score (nSPS) is 10.6. The zero-order valence-electron chi connectivity index (χ0n) is 18.3. The lowest BCUT2D eigenvalue weighted by Crippen LogP contribution is -2.12. The highest BCUT2D eigenvalue weighted by molar-refractivity contribution is 6.31. The van der Waals surface area contributed by atoms with Crippen LogP contribution in [0.2, 0.25) is 5.02 Å². The van der Waals surface area contributed by atoms with Crippen molar-refractivity contribution in [3.05, 3.63) is 70.4 Å². The number of benzene rings is 2. The number of anilines is 1. The van der Waals surface area contributed by atoms with E-state index in [-0.39, 0.29) is 5.97 Å². The first-order chi connectivity index (χ1) is 14.8. The minimum absolute atomic E-state index is 0.214. The standard InChI is InChI=1S/C25H26ClN3O2/c1-5-31-25(30)13-9-20-8-12-23(21-10-7-19(26)15-24(21)28(3)4)29(20)22-11-6-18(16-27)14-17(22)2/h6-8,10-12,14-15H,5,9,13H2,1-4H3. The van der Waals surface area contributed by atoms with Crippen LogP contribution >= 0.6 is 11.6 Å². The van der Waals surface area contributed by atoms with Crippen molar-refractivity contribution in [3.63, 3.8) is 0 Å². The van der Waals surface area contributed by atoms with Crippen LogP contribution in [0.25, 0.3) is 16.9 Å². The molecule has 3 aromatic rings. The lowest BCUT2D eigenvalue weighted by atomic mass is 10.1. The maximum Gasteiger partial charge on any atom is 0.306 e. The number of esters is 1. The van der Waals surface area contributed by atoms with Crippen molar-refractivity contribution >= 4 is 23.3 Å². The largest absolute Gasteiger partial charge is 0.466 e. The first-order valence-corrected chi connectivity index (χ1v) is 10.6. The van der Waals surface area contributed by atoms with Gasteiger partial charge in [0.05, 0.1) is 30.4 Å². The highest BCUT2D eigenvalue weighted by Crippen LogP contribution is 2.36. The van der Waals surface area contributed by atoms with Crippen LogP contribution in [0.3, 0.4) is 0 Å². The van der Waals surface area contributed by atoms with Crippen molar-refractivity contribution in [1.82, 2.24) is 4.57 Å². The summed E-state index contributed by atoms with van der Waals surface area (Å²) in [5.74, 6) is -0.214. The van der Waals surface area contributed by atoms with E-state index in [1.54, 1.807) is 0 Å². The minimum Gasteiger partial charge on any atom is -0.466 e. The summed E-state index contributed by atoms with van der Waals surface area (Å²) in [7, 11) is 3.97. The fraction of sp³-hybridized carbons (Fsp3) is 0.280. The summed E-state index contributed by atoms with van der Waals surface area (Å²) in [5.41, 5.74) is 6.58. The van der Waals surface area contributed by atoms with Crippen LogP contribution in [-0.2, 0) is 16.0 Å². The third-order valence-electron chi connectivity index (χ3n) is 5.14. The molecule has 1 aromatic heterocycles. The third kappa shape index (κ3) is 4.92. The van der Waals surface area contributed by atoms with Crippen molar-refractivity contribution in [3.8, 4) is 23.0 Å². The van der Waals surface area contributed by atoms with Gasteiger partial charge in [0, 0.05) is 41.8 Å². The van der Waals surface area contributed by atoms with Crippen molar-refractivity contribution in [1.29, 1.82) is 5.26 Å². The SMILES string of the molecule is CCOC(=O)CCc1ccc(-c2ccc(Cl)cc2N(C)C)n1-c1ccc(C#N)cc1C. The number of hydrogen-bond acceptors (Lipinski definition) is 4. The number of nitrogens with zero attached hydrogens (tertiary/aromatic N) is 3. The Morgan fingerprint density at radius 2 is 1.94 bits per heavy atom. The molecule has 0 N–H and O–H groups in total. The van der Waals surface area contributed by atoms with Crippen LogP contribution in [-0.4, -0.2) is 31.2 Å². The fourth-order valence-electron chi connectivity index (χ4n) is 3.70. The second kappa shape index (κ2) is 9.72. The predicted molar refractivity (Wildman–Crippen MR) is 125 cm³/mol. The molecule has 0 radical (unpaired) electrons. The molecular formula is C25H26ClN3O2. The molecule has 0 unspecified atom stereocenters. The van der Waals surface area contributed by atoms with Gasteiger partial charge in [-0.15, -0.1) is 0 Å². The predicted octanol–water partition coefficient (Wildman–Crippen LogP) is 5.54. The summed E-state index contributed by atoms with van der Waals surface area (Å²) >= 11 is 6.27. The van der Waals surface area contributed by atoms with E-state index in [9.17, 15) is 10.1 Å². The van der Waals surface area contributed by atoms with Crippen LogP contribution in [0.4, 0.5) is 5.69 Å². The summed E-state index contributed by atoms with van der Waals surface area (Å²) in [6.07, 6.45) is 0.844. The topological polar surface area (TPSA) is 58.3 Å². The number of carbonyl (C=O) groups excluding carboxylic acids is 1. The van der Waals surface area contributed by atoms with E-state index in [4.69, 9.17) is 16.3 Å². The van der Waals surface area contributed by atoms with Gasteiger partial charge in [0.25, 0.3) is 0 Å². The summed E-state index contributed by atoms with van der Waals surface area (Å²) in [4.78, 5) is 14.0. The molecular weight excluding hydrogens is 410 g/mol. The number of nitriles is 1. The van der Waals surface area contributed by atoms with E-state index < -0.39 is 0 Å². The number of aryl methyl sites for hydroxylation is 2. The van der Waals surface area contributed by atoms with Crippen LogP contribution in [0, 0.1) is 18.3 Å². The molecule has 6 heteroatoms. The van der Waals surface area contributed by atoms with Gasteiger partial charge >= 0.3 is 5.97 Å². The van der Waals surface area contributed by atoms with E-state index in [0.29, 0.717) is 30.0 Å². The van der Waals surface area contributed by atoms with Gasteiger partial charge in [0.1, 0.15) is 0 Å². The molecule has 0 atom stereocenters. The average molecular weight is 436 g/mol. The monoisotopic (exact) mass is 435 g/mol. The number of halogens is 1. The Balaban J connectivity index is 2.18. The van der Waals surface area contributed by atoms with Gasteiger partial charge in [0.15, 0.2) is 0 Å². The van der Waals surface area contributed by atoms with Crippen molar-refractivity contribution in [2.45, 2.75) is 26.7 Å². The molecule has 0 aliphatic rings. The van der Waals surface area contributed by atoms with Gasteiger partial charge in [-0.1, -0.05) is 11.6 Å². The lowest BCUT2D eigenvalue weighted by molar-refractivity contribution is -0.143. The van der Waals surface area contributed by atoms with Gasteiger partial charge < -0.3 is 14.2 Å². The Bertz CT molecular complexity index is 1140. The van der Waals surface area contributed by atoms with Crippen LogP contribution in [0.5, 0.6) is 0 Å². The first kappa shape index (κ1) is 22.5. The van der Waals surface area contributed by atoms with E-state index in [2.05, 4.69) is 16.7 Å². The van der Waals surface area contributed by atoms with Crippen molar-refractivity contribution in [2.24, 2.45) is 0 Å². The van der Waals surface area contributed by atoms with Crippen LogP contribution in [0.1, 0.15) is 30.2 Å². The van der Waals surface area contributed by atoms with E-state index >= 15 is 0 Å². The van der Waals surface area contributed by atoms with Gasteiger partial charge in [-0.3, -0.25) is 4.79 Å². The zero-order valence-corrected chi connectivity index (χ0v) is 19.0. The molecule has 0 spiro atoms. The van der Waals surface area contributed by atoms with Gasteiger partial charge in [0.2, 0.25) is 0 Å². The Hall–Kier alpha value is -3.23. The number of hydrogen-bond donors (Lipinski definition) is 0. The minimum atomic E-state index is -0.214. The molecule has 5 nitrogen and oxygen atoms in total. The van der Waals surface area contributed by atoms with E-state index in [1.807, 2.05) is 75.3 Å². The maximum absolute atomic E-state index is 12.0. The second-order valence-electron chi connectivity index (χ2n) is 7.52. The highest BCUT2D eigenvalue weighted by atomic mass is 35.5. The number of aromatic nitrogens is 1. The summed E-state index contributed by atoms with van der Waals surface area (Å²) in [5, 5.41) is 9.93. The molecule has 0 bridgehead atoms. The Kier molecular flexibility index (Phi) is 7.04. The van der Waals surface area contributed by atoms with Gasteiger partial charge in [-0.2, -0.15) is 5.26 Å². The molecule has 0 aliphatic heterocycles. The van der Waals surface area contributed by atoms with Crippen LogP contribution < -0.4 is 4.90 Å². The van der Waals surface area contributed by atoms with Crippen molar-refractivity contribution < 1.29 is 9.53 Å². The van der Waals surface area contributed by atoms with E-state index in [1.165, 1.54) is 0 Å². The van der Waals surface area contributed by atoms with Crippen LogP contribution in [0.15, 0.2) is 48.5 Å². The maximum atomic E-state index is 12.0. The first-order valence-electron chi connectivity index (χ1n) is 10.2. The zero-order chi connectivity index (χ0) is 22.5. The van der Waals surface area contributed by atoms with E-state index in [0.717, 1.165) is 33.9 Å². The van der Waals surface area contributed by atoms with Gasteiger partial charge in [-0.25, -0.2) is 0 Å².